The summed E-state index contributed by atoms with van der Waals surface area (Å²) in [6.07, 6.45) is 4.44. The van der Waals surface area contributed by atoms with Gasteiger partial charge in [0, 0.05) is 6.42 Å². The van der Waals surface area contributed by atoms with Gasteiger partial charge in [-0.2, -0.15) is 0 Å². The lowest BCUT2D eigenvalue weighted by molar-refractivity contribution is -0.137. The molecule has 1 aromatic carbocycles. The number of aliphatic carboxylic acids is 1. The van der Waals surface area contributed by atoms with E-state index in [1.54, 1.807) is 0 Å². The van der Waals surface area contributed by atoms with Crippen LogP contribution in [0.3, 0.4) is 0 Å². The molecule has 3 nitrogen and oxygen atoms in total. The maximum absolute atomic E-state index is 10.6. The first kappa shape index (κ1) is 15.7. The van der Waals surface area contributed by atoms with Crippen LogP contribution in [0.25, 0.3) is 0 Å². The van der Waals surface area contributed by atoms with E-state index in [9.17, 15) is 9.90 Å². The Morgan fingerprint density at radius 1 is 1.16 bits per heavy atom. The molecule has 0 aliphatic rings. The van der Waals surface area contributed by atoms with Gasteiger partial charge in [0.15, 0.2) is 0 Å². The molecule has 2 N–H and O–H groups in total. The van der Waals surface area contributed by atoms with Crippen molar-refractivity contribution in [3.63, 3.8) is 0 Å². The van der Waals surface area contributed by atoms with Crippen LogP contribution >= 0.6 is 0 Å². The molecule has 0 spiro atoms. The van der Waals surface area contributed by atoms with E-state index in [0.717, 1.165) is 19.3 Å². The van der Waals surface area contributed by atoms with Crippen molar-refractivity contribution < 1.29 is 15.0 Å². The topological polar surface area (TPSA) is 57.5 Å². The molecule has 0 saturated carbocycles. The SMILES string of the molecule is CCCC(O)(CCCC(=O)O)CCc1ccccc1. The smallest absolute Gasteiger partial charge is 0.303 e. The van der Waals surface area contributed by atoms with Gasteiger partial charge >= 0.3 is 5.97 Å². The molecule has 3 heteroatoms. The lowest BCUT2D eigenvalue weighted by Crippen LogP contribution is -2.29. The lowest BCUT2D eigenvalue weighted by Gasteiger charge is -2.28. The molecule has 1 unspecified atom stereocenters. The van der Waals surface area contributed by atoms with Crippen molar-refractivity contribution >= 4 is 5.97 Å². The number of carboxylic acid groups (broad SMARTS) is 1. The number of benzene rings is 1. The molecule has 0 radical (unpaired) electrons. The van der Waals surface area contributed by atoms with Crippen LogP contribution in [0.5, 0.6) is 0 Å². The van der Waals surface area contributed by atoms with E-state index in [0.29, 0.717) is 19.3 Å². The predicted molar refractivity (Wildman–Crippen MR) is 76.1 cm³/mol. The van der Waals surface area contributed by atoms with Crippen molar-refractivity contribution in [3.8, 4) is 0 Å². The second kappa shape index (κ2) is 7.95. The molecular weight excluding hydrogens is 240 g/mol. The molecule has 0 aromatic heterocycles. The van der Waals surface area contributed by atoms with Crippen molar-refractivity contribution in [1.29, 1.82) is 0 Å². The maximum atomic E-state index is 10.6. The average Bonchev–Trinajstić information content (AvgIpc) is 2.38. The summed E-state index contributed by atoms with van der Waals surface area (Å²) in [5.74, 6) is -0.790. The Morgan fingerprint density at radius 2 is 1.84 bits per heavy atom. The molecule has 1 rings (SSSR count). The molecule has 0 aliphatic heterocycles. The summed E-state index contributed by atoms with van der Waals surface area (Å²) in [4.78, 5) is 10.5. The summed E-state index contributed by atoms with van der Waals surface area (Å²) >= 11 is 0. The molecule has 0 amide bonds. The largest absolute Gasteiger partial charge is 0.481 e. The Labute approximate surface area is 115 Å². The zero-order valence-electron chi connectivity index (χ0n) is 11.6. The standard InChI is InChI=1S/C16H24O3/c1-2-11-16(19,12-6-9-15(17)18)13-10-14-7-4-3-5-8-14/h3-5,7-8,19H,2,6,9-13H2,1H3,(H,17,18). The van der Waals surface area contributed by atoms with E-state index in [1.807, 2.05) is 25.1 Å². The second-order valence-electron chi connectivity index (χ2n) is 5.21. The van der Waals surface area contributed by atoms with Crippen molar-refractivity contribution in [3.05, 3.63) is 35.9 Å². The van der Waals surface area contributed by atoms with Gasteiger partial charge in [-0.1, -0.05) is 43.7 Å². The first-order valence-corrected chi connectivity index (χ1v) is 7.04. The van der Waals surface area contributed by atoms with E-state index in [4.69, 9.17) is 5.11 Å². The molecule has 0 heterocycles. The van der Waals surface area contributed by atoms with Crippen molar-refractivity contribution in [2.75, 3.05) is 0 Å². The minimum atomic E-state index is -0.790. The number of hydrogen-bond acceptors (Lipinski definition) is 2. The zero-order chi connectivity index (χ0) is 14.1. The van der Waals surface area contributed by atoms with Crippen LogP contribution in [-0.4, -0.2) is 21.8 Å². The Morgan fingerprint density at radius 3 is 2.42 bits per heavy atom. The van der Waals surface area contributed by atoms with Crippen LogP contribution in [-0.2, 0) is 11.2 Å². The number of aliphatic hydroxyl groups is 1. The predicted octanol–water partition coefficient (Wildman–Crippen LogP) is 3.41. The molecule has 19 heavy (non-hydrogen) atoms. The van der Waals surface area contributed by atoms with Crippen LogP contribution in [0.15, 0.2) is 30.3 Å². The van der Waals surface area contributed by atoms with Crippen LogP contribution < -0.4 is 0 Å². The van der Waals surface area contributed by atoms with Gasteiger partial charge in [0.1, 0.15) is 0 Å². The molecule has 1 atom stereocenters. The van der Waals surface area contributed by atoms with E-state index < -0.39 is 11.6 Å². The van der Waals surface area contributed by atoms with Gasteiger partial charge in [-0.25, -0.2) is 0 Å². The summed E-state index contributed by atoms with van der Waals surface area (Å²) in [5.41, 5.74) is 0.496. The van der Waals surface area contributed by atoms with Crippen LogP contribution in [0.4, 0.5) is 0 Å². The average molecular weight is 264 g/mol. The van der Waals surface area contributed by atoms with Gasteiger partial charge < -0.3 is 10.2 Å². The highest BCUT2D eigenvalue weighted by Crippen LogP contribution is 2.26. The van der Waals surface area contributed by atoms with Gasteiger partial charge in [0.25, 0.3) is 0 Å². The van der Waals surface area contributed by atoms with Crippen molar-refractivity contribution in [2.45, 2.75) is 57.5 Å². The van der Waals surface area contributed by atoms with Gasteiger partial charge in [-0.15, -0.1) is 0 Å². The number of carboxylic acids is 1. The molecule has 0 aliphatic carbocycles. The Kier molecular flexibility index (Phi) is 6.57. The summed E-state index contributed by atoms with van der Waals surface area (Å²) in [5, 5.41) is 19.3. The Balaban J connectivity index is 2.48. The second-order valence-corrected chi connectivity index (χ2v) is 5.21. The number of hydrogen-bond donors (Lipinski definition) is 2. The zero-order valence-corrected chi connectivity index (χ0v) is 11.6. The van der Waals surface area contributed by atoms with Crippen LogP contribution in [0, 0.1) is 0 Å². The fourth-order valence-corrected chi connectivity index (χ4v) is 2.43. The number of carbonyl (C=O) groups is 1. The third kappa shape index (κ3) is 6.39. The highest BCUT2D eigenvalue weighted by molar-refractivity contribution is 5.66. The lowest BCUT2D eigenvalue weighted by atomic mass is 9.86. The molecule has 0 bridgehead atoms. The van der Waals surface area contributed by atoms with E-state index >= 15 is 0 Å². The van der Waals surface area contributed by atoms with Gasteiger partial charge in [0.2, 0.25) is 0 Å². The maximum Gasteiger partial charge on any atom is 0.303 e. The Bertz CT molecular complexity index is 375. The highest BCUT2D eigenvalue weighted by atomic mass is 16.4. The van der Waals surface area contributed by atoms with Crippen molar-refractivity contribution in [2.24, 2.45) is 0 Å². The highest BCUT2D eigenvalue weighted by Gasteiger charge is 2.25. The molecule has 1 aromatic rings. The van der Waals surface area contributed by atoms with Gasteiger partial charge in [-0.3, -0.25) is 4.79 Å². The van der Waals surface area contributed by atoms with Crippen LogP contribution in [0.1, 0.15) is 51.0 Å². The fraction of sp³-hybridized carbons (Fsp3) is 0.562. The molecule has 106 valence electrons. The minimum absolute atomic E-state index is 0.136. The first-order chi connectivity index (χ1) is 9.06. The third-order valence-corrected chi connectivity index (χ3v) is 3.47. The molecule has 0 fully saturated rings. The summed E-state index contributed by atoms with van der Waals surface area (Å²) in [6, 6.07) is 10.1. The summed E-state index contributed by atoms with van der Waals surface area (Å²) in [7, 11) is 0. The Hall–Kier alpha value is -1.35. The fourth-order valence-electron chi connectivity index (χ4n) is 2.43. The first-order valence-electron chi connectivity index (χ1n) is 7.04. The van der Waals surface area contributed by atoms with E-state index in [-0.39, 0.29) is 6.42 Å². The van der Waals surface area contributed by atoms with Crippen molar-refractivity contribution in [1.82, 2.24) is 0 Å². The van der Waals surface area contributed by atoms with Gasteiger partial charge in [-0.05, 0) is 37.7 Å². The van der Waals surface area contributed by atoms with Crippen LogP contribution in [0.2, 0.25) is 0 Å². The summed E-state index contributed by atoms with van der Waals surface area (Å²) < 4.78 is 0. The normalized spacial score (nSPS) is 14.0. The van der Waals surface area contributed by atoms with E-state index in [2.05, 4.69) is 12.1 Å². The minimum Gasteiger partial charge on any atom is -0.481 e. The van der Waals surface area contributed by atoms with Gasteiger partial charge in [0.05, 0.1) is 5.60 Å². The number of aryl methyl sites for hydroxylation is 1. The monoisotopic (exact) mass is 264 g/mol. The molecule has 0 saturated heterocycles. The molecular formula is C16H24O3. The van der Waals surface area contributed by atoms with E-state index in [1.165, 1.54) is 5.56 Å². The third-order valence-electron chi connectivity index (χ3n) is 3.47. The number of rotatable bonds is 9. The summed E-state index contributed by atoms with van der Waals surface area (Å²) in [6.45, 7) is 2.05. The quantitative estimate of drug-likeness (QED) is 0.718.